The maximum absolute atomic E-state index is 4.63. The second kappa shape index (κ2) is 10.2. The number of guanidine groups is 1. The fourth-order valence-corrected chi connectivity index (χ4v) is 2.88. The van der Waals surface area contributed by atoms with E-state index in [0.29, 0.717) is 6.54 Å². The van der Waals surface area contributed by atoms with Crippen LogP contribution in [0, 0.1) is 0 Å². The van der Waals surface area contributed by atoms with Crippen LogP contribution in [0.4, 0.5) is 0 Å². The first-order chi connectivity index (χ1) is 12.3. The molecule has 0 fully saturated rings. The summed E-state index contributed by atoms with van der Waals surface area (Å²) in [5.41, 5.74) is 3.67. The summed E-state index contributed by atoms with van der Waals surface area (Å²) in [6, 6.07) is 10.4. The molecule has 0 atom stereocenters. The van der Waals surface area contributed by atoms with Gasteiger partial charge >= 0.3 is 0 Å². The quantitative estimate of drug-likeness (QED) is 0.217. The van der Waals surface area contributed by atoms with E-state index in [1.807, 2.05) is 17.8 Å². The third-order valence-corrected chi connectivity index (χ3v) is 4.26. The molecule has 2 aromatic heterocycles. The number of hydrogen-bond acceptors (Lipinski definition) is 2. The van der Waals surface area contributed by atoms with Gasteiger partial charge in [-0.1, -0.05) is 18.2 Å². The summed E-state index contributed by atoms with van der Waals surface area (Å²) in [4.78, 5) is 7.96. The van der Waals surface area contributed by atoms with Crippen molar-refractivity contribution in [1.29, 1.82) is 0 Å². The van der Waals surface area contributed by atoms with E-state index in [-0.39, 0.29) is 24.0 Å². The Labute approximate surface area is 171 Å². The van der Waals surface area contributed by atoms with Gasteiger partial charge in [0.05, 0.1) is 12.2 Å². The van der Waals surface area contributed by atoms with Crippen molar-refractivity contribution in [3.63, 3.8) is 0 Å². The van der Waals surface area contributed by atoms with Gasteiger partial charge in [0.15, 0.2) is 5.96 Å². The highest BCUT2D eigenvalue weighted by Gasteiger charge is 2.03. The Balaban J connectivity index is 0.00000243. The van der Waals surface area contributed by atoms with Crippen LogP contribution in [0.3, 0.4) is 0 Å². The van der Waals surface area contributed by atoms with E-state index in [4.69, 9.17) is 0 Å². The van der Waals surface area contributed by atoms with Gasteiger partial charge < -0.3 is 15.6 Å². The Bertz CT molecular complexity index is 835. The van der Waals surface area contributed by atoms with Crippen LogP contribution in [0.15, 0.2) is 47.7 Å². The minimum absolute atomic E-state index is 0. The van der Waals surface area contributed by atoms with E-state index in [1.54, 1.807) is 6.20 Å². The zero-order valence-electron chi connectivity index (χ0n) is 15.3. The van der Waals surface area contributed by atoms with Crippen molar-refractivity contribution < 1.29 is 0 Å². The van der Waals surface area contributed by atoms with Crippen LogP contribution in [-0.4, -0.2) is 33.8 Å². The van der Waals surface area contributed by atoms with Gasteiger partial charge in [0, 0.05) is 43.4 Å². The largest absolute Gasteiger partial charge is 0.361 e. The van der Waals surface area contributed by atoms with Crippen LogP contribution in [-0.2, 0) is 20.0 Å². The molecule has 0 aliphatic carbocycles. The molecule has 0 aliphatic heterocycles. The number of H-pyrrole nitrogens is 1. The first kappa shape index (κ1) is 20.3. The van der Waals surface area contributed by atoms with E-state index in [2.05, 4.69) is 63.1 Å². The molecule has 3 rings (SSSR count). The van der Waals surface area contributed by atoms with Crippen molar-refractivity contribution in [2.45, 2.75) is 26.3 Å². The summed E-state index contributed by atoms with van der Waals surface area (Å²) in [6.07, 6.45) is 6.01. The summed E-state index contributed by atoms with van der Waals surface area (Å²) in [7, 11) is 1.94. The zero-order valence-corrected chi connectivity index (χ0v) is 17.7. The fourth-order valence-electron chi connectivity index (χ4n) is 2.88. The highest BCUT2D eigenvalue weighted by Crippen LogP contribution is 2.18. The Hall–Kier alpha value is -2.03. The first-order valence-electron chi connectivity index (χ1n) is 8.82. The van der Waals surface area contributed by atoms with Gasteiger partial charge in [-0.05, 0) is 37.5 Å². The number of nitrogens with one attached hydrogen (secondary N) is 3. The van der Waals surface area contributed by atoms with E-state index in [0.717, 1.165) is 37.6 Å². The molecule has 0 spiro atoms. The highest BCUT2D eigenvalue weighted by molar-refractivity contribution is 14.0. The predicted octanol–water partition coefficient (Wildman–Crippen LogP) is 3.21. The smallest absolute Gasteiger partial charge is 0.191 e. The van der Waals surface area contributed by atoms with Crippen LogP contribution in [0.25, 0.3) is 10.9 Å². The van der Waals surface area contributed by atoms with Crippen molar-refractivity contribution in [1.82, 2.24) is 25.4 Å². The summed E-state index contributed by atoms with van der Waals surface area (Å²) in [6.45, 7) is 4.43. The Kier molecular flexibility index (Phi) is 7.96. The van der Waals surface area contributed by atoms with E-state index in [1.165, 1.54) is 16.5 Å². The lowest BCUT2D eigenvalue weighted by atomic mass is 10.1. The van der Waals surface area contributed by atoms with Crippen LogP contribution in [0.1, 0.15) is 24.6 Å². The van der Waals surface area contributed by atoms with Gasteiger partial charge in [-0.25, -0.2) is 4.99 Å². The number of aromatic amines is 1. The summed E-state index contributed by atoms with van der Waals surface area (Å²) in [5.74, 6) is 0.850. The molecular weight excluding hydrogens is 439 g/mol. The van der Waals surface area contributed by atoms with Crippen LogP contribution in [0.2, 0.25) is 0 Å². The number of aryl methyl sites for hydroxylation is 2. The zero-order chi connectivity index (χ0) is 17.5. The normalized spacial score (nSPS) is 11.4. The van der Waals surface area contributed by atoms with E-state index in [9.17, 15) is 0 Å². The first-order valence-corrected chi connectivity index (χ1v) is 8.82. The number of para-hydroxylation sites is 1. The monoisotopic (exact) mass is 466 g/mol. The number of aromatic nitrogens is 3. The average molecular weight is 466 g/mol. The number of rotatable bonds is 7. The molecule has 0 radical (unpaired) electrons. The Morgan fingerprint density at radius 1 is 1.23 bits per heavy atom. The summed E-state index contributed by atoms with van der Waals surface area (Å²) in [5, 5.41) is 12.2. The number of aliphatic imine (C=N–C) groups is 1. The number of fused-ring (bicyclic) bond motifs is 1. The van der Waals surface area contributed by atoms with Gasteiger partial charge in [-0.2, -0.15) is 5.10 Å². The predicted molar refractivity (Wildman–Crippen MR) is 118 cm³/mol. The van der Waals surface area contributed by atoms with Crippen molar-refractivity contribution in [2.24, 2.45) is 12.0 Å². The SMILES string of the molecule is CCNC(=NCc1ccnn1C)NCCCc1c[nH]c2ccccc12.I. The molecule has 3 aromatic rings. The average Bonchev–Trinajstić information content (AvgIpc) is 3.22. The molecule has 26 heavy (non-hydrogen) atoms. The number of halogens is 1. The highest BCUT2D eigenvalue weighted by atomic mass is 127. The standard InChI is InChI=1S/C19H26N6.HI/c1-3-20-19(23-14-16-10-12-24-25(16)2)21-11-6-7-15-13-22-18-9-5-4-8-17(15)18;/h4-5,8-10,12-13,22H,3,6-7,11,14H2,1-2H3,(H2,20,21,23);1H. The van der Waals surface area contributed by atoms with Gasteiger partial charge in [-0.15, -0.1) is 24.0 Å². The molecule has 2 heterocycles. The van der Waals surface area contributed by atoms with Crippen molar-refractivity contribution in [3.05, 3.63) is 54.0 Å². The molecule has 3 N–H and O–H groups in total. The third-order valence-electron chi connectivity index (χ3n) is 4.26. The van der Waals surface area contributed by atoms with Crippen LogP contribution < -0.4 is 10.6 Å². The van der Waals surface area contributed by atoms with Gasteiger partial charge in [0.1, 0.15) is 0 Å². The van der Waals surface area contributed by atoms with Crippen molar-refractivity contribution in [2.75, 3.05) is 13.1 Å². The third kappa shape index (κ3) is 5.23. The minimum atomic E-state index is 0. The molecule has 0 saturated carbocycles. The molecule has 0 unspecified atom stereocenters. The number of benzene rings is 1. The van der Waals surface area contributed by atoms with E-state index < -0.39 is 0 Å². The Morgan fingerprint density at radius 3 is 2.85 bits per heavy atom. The molecule has 0 bridgehead atoms. The number of nitrogens with zero attached hydrogens (tertiary/aromatic N) is 3. The Morgan fingerprint density at radius 2 is 2.08 bits per heavy atom. The maximum Gasteiger partial charge on any atom is 0.191 e. The van der Waals surface area contributed by atoms with Gasteiger partial charge in [0.25, 0.3) is 0 Å². The maximum atomic E-state index is 4.63. The lowest BCUT2D eigenvalue weighted by Gasteiger charge is -2.11. The number of hydrogen-bond donors (Lipinski definition) is 3. The molecule has 1 aromatic carbocycles. The minimum Gasteiger partial charge on any atom is -0.361 e. The van der Waals surface area contributed by atoms with E-state index >= 15 is 0 Å². The molecule has 140 valence electrons. The second-order valence-electron chi connectivity index (χ2n) is 6.03. The lowest BCUT2D eigenvalue weighted by molar-refractivity contribution is 0.703. The molecule has 7 heteroatoms. The fraction of sp³-hybridized carbons (Fsp3) is 0.368. The lowest BCUT2D eigenvalue weighted by Crippen LogP contribution is -2.37. The van der Waals surface area contributed by atoms with Gasteiger partial charge in [0.2, 0.25) is 0 Å². The molecular formula is C19H27IN6. The van der Waals surface area contributed by atoms with Gasteiger partial charge in [-0.3, -0.25) is 4.68 Å². The second-order valence-corrected chi connectivity index (χ2v) is 6.03. The molecule has 0 saturated heterocycles. The molecule has 6 nitrogen and oxygen atoms in total. The summed E-state index contributed by atoms with van der Waals surface area (Å²) >= 11 is 0. The molecule has 0 amide bonds. The molecule has 0 aliphatic rings. The topological polar surface area (TPSA) is 70.0 Å². The van der Waals surface area contributed by atoms with Crippen molar-refractivity contribution in [3.8, 4) is 0 Å². The van der Waals surface area contributed by atoms with Crippen LogP contribution >= 0.6 is 24.0 Å². The summed E-state index contributed by atoms with van der Waals surface area (Å²) < 4.78 is 1.85. The van der Waals surface area contributed by atoms with Crippen LogP contribution in [0.5, 0.6) is 0 Å². The van der Waals surface area contributed by atoms with Crippen molar-refractivity contribution >= 4 is 40.8 Å².